The zero-order valence-electron chi connectivity index (χ0n) is 16.3. The minimum absolute atomic E-state index is 0.189. The van der Waals surface area contributed by atoms with E-state index in [-0.39, 0.29) is 11.9 Å². The third-order valence-corrected chi connectivity index (χ3v) is 5.83. The molecule has 2 aromatic heterocycles. The largest absolute Gasteiger partial charge is 0.364 e. The third kappa shape index (κ3) is 4.81. The molecule has 1 fully saturated rings. The van der Waals surface area contributed by atoms with Crippen molar-refractivity contribution in [2.45, 2.75) is 38.5 Å². The lowest BCUT2D eigenvalue weighted by Crippen LogP contribution is -2.27. The number of amides is 1. The molecule has 3 aromatic rings. The van der Waals surface area contributed by atoms with Crippen LogP contribution in [0.15, 0.2) is 60.2 Å². The van der Waals surface area contributed by atoms with Crippen LogP contribution in [-0.2, 0) is 16.1 Å². The van der Waals surface area contributed by atoms with Crippen molar-refractivity contribution < 1.29 is 9.53 Å². The second-order valence-electron chi connectivity index (χ2n) is 7.06. The molecule has 1 aliphatic rings. The molecule has 1 aliphatic heterocycles. The molecule has 0 unspecified atom stereocenters. The van der Waals surface area contributed by atoms with Crippen LogP contribution in [-0.4, -0.2) is 28.5 Å². The number of benzene rings is 1. The van der Waals surface area contributed by atoms with Crippen molar-refractivity contribution in [2.24, 2.45) is 0 Å². The third-order valence-electron chi connectivity index (χ3n) is 5.05. The van der Waals surface area contributed by atoms with E-state index in [0.717, 1.165) is 30.6 Å². The highest BCUT2D eigenvalue weighted by atomic mass is 32.1. The smallest absolute Gasteiger partial charge is 0.255 e. The van der Waals surface area contributed by atoms with E-state index < -0.39 is 6.10 Å². The zero-order valence-corrected chi connectivity index (χ0v) is 17.1. The number of thiazole rings is 1. The summed E-state index contributed by atoms with van der Waals surface area (Å²) in [6.45, 7) is 3.14. The topological polar surface area (TPSA) is 67.3 Å². The van der Waals surface area contributed by atoms with Crippen LogP contribution in [0.1, 0.15) is 37.1 Å². The van der Waals surface area contributed by atoms with Gasteiger partial charge in [0.05, 0.1) is 18.3 Å². The van der Waals surface area contributed by atoms with Crippen LogP contribution < -0.4 is 10.2 Å². The maximum Gasteiger partial charge on any atom is 0.255 e. The highest BCUT2D eigenvalue weighted by Crippen LogP contribution is 2.37. The Labute approximate surface area is 174 Å². The average molecular weight is 409 g/mol. The van der Waals surface area contributed by atoms with Crippen molar-refractivity contribution in [3.63, 3.8) is 0 Å². The van der Waals surface area contributed by atoms with Crippen LogP contribution in [0.4, 0.5) is 10.8 Å². The van der Waals surface area contributed by atoms with Gasteiger partial charge >= 0.3 is 0 Å². The summed E-state index contributed by atoms with van der Waals surface area (Å²) in [5.41, 5.74) is 3.21. The number of nitrogens with zero attached hydrogens (tertiary/aromatic N) is 3. The molecule has 0 bridgehead atoms. The fraction of sp³-hybridized carbons (Fsp3) is 0.318. The average Bonchev–Trinajstić information content (AvgIpc) is 3.42. The molecular formula is C22H24N4O2S. The lowest BCUT2D eigenvalue weighted by Gasteiger charge is -2.25. The number of ether oxygens (including phenoxy) is 1. The Hall–Kier alpha value is -2.77. The Balaban J connectivity index is 1.35. The van der Waals surface area contributed by atoms with Crippen molar-refractivity contribution in [3.05, 3.63) is 71.5 Å². The predicted molar refractivity (Wildman–Crippen MR) is 115 cm³/mol. The van der Waals surface area contributed by atoms with Gasteiger partial charge in [-0.1, -0.05) is 18.2 Å². The molecule has 150 valence electrons. The number of pyridine rings is 1. The van der Waals surface area contributed by atoms with Gasteiger partial charge in [-0.05, 0) is 49.6 Å². The summed E-state index contributed by atoms with van der Waals surface area (Å²) < 4.78 is 5.67. The SMILES string of the molecule is C[C@H](OCc1ccncc1)C(=O)Nc1nc([C@H]2CCCN2c2ccccc2)cs1. The maximum absolute atomic E-state index is 12.5. The Morgan fingerprint density at radius 1 is 1.28 bits per heavy atom. The first-order chi connectivity index (χ1) is 14.2. The van der Waals surface area contributed by atoms with Gasteiger partial charge in [0.15, 0.2) is 5.13 Å². The number of carbonyl (C=O) groups is 1. The van der Waals surface area contributed by atoms with Crippen LogP contribution in [0.5, 0.6) is 0 Å². The summed E-state index contributed by atoms with van der Waals surface area (Å²) in [5.74, 6) is -0.189. The normalized spacial score (nSPS) is 17.3. The Morgan fingerprint density at radius 3 is 2.86 bits per heavy atom. The van der Waals surface area contributed by atoms with E-state index in [4.69, 9.17) is 4.74 Å². The van der Waals surface area contributed by atoms with Gasteiger partial charge in [-0.2, -0.15) is 0 Å². The number of carbonyl (C=O) groups excluding carboxylic acids is 1. The van der Waals surface area contributed by atoms with Gasteiger partial charge in [-0.3, -0.25) is 15.1 Å². The van der Waals surface area contributed by atoms with Gasteiger partial charge in [0, 0.05) is 30.0 Å². The van der Waals surface area contributed by atoms with E-state index in [0.29, 0.717) is 11.7 Å². The quantitative estimate of drug-likeness (QED) is 0.627. The predicted octanol–water partition coefficient (Wildman–Crippen LogP) is 4.42. The zero-order chi connectivity index (χ0) is 20.1. The fourth-order valence-electron chi connectivity index (χ4n) is 3.48. The number of hydrogen-bond donors (Lipinski definition) is 1. The van der Waals surface area contributed by atoms with Gasteiger partial charge in [0.25, 0.3) is 5.91 Å². The molecule has 3 heterocycles. The van der Waals surface area contributed by atoms with Gasteiger partial charge in [0.1, 0.15) is 6.10 Å². The van der Waals surface area contributed by atoms with Crippen molar-refractivity contribution in [1.29, 1.82) is 0 Å². The Kier molecular flexibility index (Phi) is 6.17. The number of nitrogens with one attached hydrogen (secondary N) is 1. The summed E-state index contributed by atoms with van der Waals surface area (Å²) in [6.07, 6.45) is 5.06. The number of anilines is 2. The summed E-state index contributed by atoms with van der Waals surface area (Å²) >= 11 is 1.46. The number of rotatable bonds is 7. The summed E-state index contributed by atoms with van der Waals surface area (Å²) in [7, 11) is 0. The van der Waals surface area contributed by atoms with E-state index in [2.05, 4.69) is 44.5 Å². The molecule has 1 saturated heterocycles. The first kappa shape index (κ1) is 19.5. The van der Waals surface area contributed by atoms with Gasteiger partial charge in [-0.25, -0.2) is 4.98 Å². The van der Waals surface area contributed by atoms with Crippen molar-refractivity contribution >= 4 is 28.1 Å². The van der Waals surface area contributed by atoms with E-state index in [9.17, 15) is 4.79 Å². The Morgan fingerprint density at radius 2 is 2.07 bits per heavy atom. The number of para-hydroxylation sites is 1. The van der Waals surface area contributed by atoms with Gasteiger partial charge < -0.3 is 9.64 Å². The van der Waals surface area contributed by atoms with Crippen LogP contribution in [0.3, 0.4) is 0 Å². The standard InChI is InChI=1S/C22H24N4O2S/c1-16(28-14-17-9-11-23-12-10-17)21(27)25-22-24-19(15-29-22)20-8-5-13-26(20)18-6-3-2-4-7-18/h2-4,6-7,9-12,15-16,20H,5,8,13-14H2,1H3,(H,24,25,27)/t16-,20+/m0/s1. The lowest BCUT2D eigenvalue weighted by molar-refractivity contribution is -0.127. The van der Waals surface area contributed by atoms with E-state index in [1.807, 2.05) is 23.6 Å². The van der Waals surface area contributed by atoms with Crippen molar-refractivity contribution in [2.75, 3.05) is 16.8 Å². The highest BCUT2D eigenvalue weighted by molar-refractivity contribution is 7.13. The van der Waals surface area contributed by atoms with Crippen molar-refractivity contribution in [3.8, 4) is 0 Å². The molecule has 29 heavy (non-hydrogen) atoms. The van der Waals surface area contributed by atoms with E-state index in [1.54, 1.807) is 19.3 Å². The minimum atomic E-state index is -0.567. The molecule has 1 N–H and O–H groups in total. The second kappa shape index (κ2) is 9.15. The van der Waals surface area contributed by atoms with Crippen molar-refractivity contribution in [1.82, 2.24) is 9.97 Å². The molecule has 1 amide bonds. The van der Waals surface area contributed by atoms with E-state index >= 15 is 0 Å². The van der Waals surface area contributed by atoms with Crippen LogP contribution >= 0.6 is 11.3 Å². The molecule has 0 aliphatic carbocycles. The molecule has 2 atom stereocenters. The van der Waals surface area contributed by atoms with Gasteiger partial charge in [-0.15, -0.1) is 11.3 Å². The molecule has 0 radical (unpaired) electrons. The van der Waals surface area contributed by atoms with Crippen LogP contribution in [0.2, 0.25) is 0 Å². The summed E-state index contributed by atoms with van der Waals surface area (Å²) in [5, 5.41) is 5.55. The first-order valence-corrected chi connectivity index (χ1v) is 10.7. The summed E-state index contributed by atoms with van der Waals surface area (Å²) in [4.78, 5) is 23.5. The molecule has 7 heteroatoms. The van der Waals surface area contributed by atoms with Crippen LogP contribution in [0.25, 0.3) is 0 Å². The molecule has 0 saturated carbocycles. The number of aromatic nitrogens is 2. The van der Waals surface area contributed by atoms with Gasteiger partial charge in [0.2, 0.25) is 0 Å². The fourth-order valence-corrected chi connectivity index (χ4v) is 4.24. The number of hydrogen-bond acceptors (Lipinski definition) is 6. The lowest BCUT2D eigenvalue weighted by atomic mass is 10.1. The van der Waals surface area contributed by atoms with Crippen LogP contribution in [0, 0.1) is 0 Å². The molecular weight excluding hydrogens is 384 g/mol. The monoisotopic (exact) mass is 408 g/mol. The molecule has 1 aromatic carbocycles. The highest BCUT2D eigenvalue weighted by Gasteiger charge is 2.28. The second-order valence-corrected chi connectivity index (χ2v) is 7.92. The minimum Gasteiger partial charge on any atom is -0.364 e. The first-order valence-electron chi connectivity index (χ1n) is 9.79. The molecule has 0 spiro atoms. The molecule has 4 rings (SSSR count). The Bertz CT molecular complexity index is 932. The maximum atomic E-state index is 12.5. The summed E-state index contributed by atoms with van der Waals surface area (Å²) in [6, 6.07) is 14.4. The molecule has 6 nitrogen and oxygen atoms in total. The van der Waals surface area contributed by atoms with E-state index in [1.165, 1.54) is 17.0 Å².